The van der Waals surface area contributed by atoms with E-state index in [1.54, 1.807) is 0 Å². The van der Waals surface area contributed by atoms with E-state index in [0.29, 0.717) is 0 Å². The molecule has 0 saturated heterocycles. The van der Waals surface area contributed by atoms with Crippen molar-refractivity contribution in [1.29, 1.82) is 0 Å². The summed E-state index contributed by atoms with van der Waals surface area (Å²) in [5.74, 6) is -2.08. The van der Waals surface area contributed by atoms with Gasteiger partial charge in [0.1, 0.15) is 6.61 Å². The van der Waals surface area contributed by atoms with Gasteiger partial charge in [-0.25, -0.2) is 9.18 Å². The maximum absolute atomic E-state index is 13.7. The van der Waals surface area contributed by atoms with Gasteiger partial charge in [0, 0.05) is 11.6 Å². The summed E-state index contributed by atoms with van der Waals surface area (Å²) in [6, 6.07) is 1.00. The first kappa shape index (κ1) is 14.5. The van der Waals surface area contributed by atoms with Crippen molar-refractivity contribution in [3.8, 4) is 5.75 Å². The molecule has 0 aliphatic rings. The van der Waals surface area contributed by atoms with E-state index in [2.05, 4.69) is 6.58 Å². The van der Waals surface area contributed by atoms with Gasteiger partial charge < -0.3 is 9.84 Å². The number of carboxylic acid groups (broad SMARTS) is 1. The molecule has 6 heteroatoms. The Hall–Kier alpha value is -1.52. The minimum absolute atomic E-state index is 0.0228. The van der Waals surface area contributed by atoms with Gasteiger partial charge in [-0.1, -0.05) is 35.9 Å². The Balaban J connectivity index is 3.32. The fraction of sp³-hybridized carbons (Fsp3) is 0.0833. The van der Waals surface area contributed by atoms with Crippen LogP contribution in [0.25, 0.3) is 6.08 Å². The Morgan fingerprint density at radius 3 is 2.78 bits per heavy atom. The maximum atomic E-state index is 13.7. The van der Waals surface area contributed by atoms with Gasteiger partial charge in [-0.15, -0.1) is 0 Å². The van der Waals surface area contributed by atoms with E-state index in [9.17, 15) is 9.18 Å². The third kappa shape index (κ3) is 3.48. The summed E-state index contributed by atoms with van der Waals surface area (Å²) in [4.78, 5) is 10.5. The highest BCUT2D eigenvalue weighted by atomic mass is 35.5. The lowest BCUT2D eigenvalue weighted by Crippen LogP contribution is -1.99. The molecule has 18 heavy (non-hydrogen) atoms. The Kier molecular flexibility index (Phi) is 5.19. The quantitative estimate of drug-likeness (QED) is 0.510. The molecule has 0 radical (unpaired) electrons. The largest absolute Gasteiger partial charge is 0.486 e. The lowest BCUT2D eigenvalue weighted by atomic mass is 10.1. The summed E-state index contributed by atoms with van der Waals surface area (Å²) >= 11 is 11.6. The van der Waals surface area contributed by atoms with Gasteiger partial charge in [-0.3, -0.25) is 0 Å². The van der Waals surface area contributed by atoms with Crippen LogP contribution in [0.5, 0.6) is 5.75 Å². The number of carboxylic acids is 1. The zero-order valence-corrected chi connectivity index (χ0v) is 10.6. The first-order chi connectivity index (χ1) is 8.47. The predicted molar refractivity (Wildman–Crippen MR) is 68.8 cm³/mol. The number of carbonyl (C=O) groups is 1. The number of halogens is 3. The van der Waals surface area contributed by atoms with Crippen LogP contribution in [0.15, 0.2) is 24.8 Å². The minimum atomic E-state index is -1.19. The molecule has 0 heterocycles. The van der Waals surface area contributed by atoms with Gasteiger partial charge in [0.25, 0.3) is 0 Å². The van der Waals surface area contributed by atoms with Crippen LogP contribution in [0.3, 0.4) is 0 Å². The monoisotopic (exact) mass is 290 g/mol. The van der Waals surface area contributed by atoms with Crippen molar-refractivity contribution in [3.05, 3.63) is 46.2 Å². The normalized spacial score (nSPS) is 10.6. The van der Waals surface area contributed by atoms with Crippen LogP contribution in [0, 0.1) is 5.82 Å². The average molecular weight is 291 g/mol. The number of aliphatic carboxylic acids is 1. The number of ether oxygens (including phenoxy) is 1. The number of hydrogen-bond acceptors (Lipinski definition) is 2. The van der Waals surface area contributed by atoms with Crippen LogP contribution in [0.2, 0.25) is 10.0 Å². The summed E-state index contributed by atoms with van der Waals surface area (Å²) in [5.41, 5.74) is 0.0749. The summed E-state index contributed by atoms with van der Waals surface area (Å²) in [6.45, 7) is 3.49. The van der Waals surface area contributed by atoms with E-state index < -0.39 is 11.8 Å². The first-order valence-electron chi connectivity index (χ1n) is 4.79. The molecule has 0 spiro atoms. The zero-order chi connectivity index (χ0) is 13.7. The van der Waals surface area contributed by atoms with E-state index in [1.807, 2.05) is 0 Å². The summed E-state index contributed by atoms with van der Waals surface area (Å²) in [7, 11) is 0. The lowest BCUT2D eigenvalue weighted by molar-refractivity contribution is -0.131. The maximum Gasteiger partial charge on any atom is 0.328 e. The van der Waals surface area contributed by atoms with Crippen LogP contribution in [-0.2, 0) is 4.79 Å². The second-order valence-electron chi connectivity index (χ2n) is 3.17. The third-order valence-corrected chi connectivity index (χ3v) is 2.70. The van der Waals surface area contributed by atoms with E-state index in [-0.39, 0.29) is 28.0 Å². The molecular formula is C12H9Cl2FO3. The molecule has 0 aliphatic carbocycles. The molecular weight excluding hydrogens is 282 g/mol. The second-order valence-corrected chi connectivity index (χ2v) is 3.95. The van der Waals surface area contributed by atoms with Crippen LogP contribution < -0.4 is 4.74 Å². The predicted octanol–water partition coefficient (Wildman–Crippen LogP) is 3.80. The van der Waals surface area contributed by atoms with Gasteiger partial charge in [-0.2, -0.15) is 0 Å². The van der Waals surface area contributed by atoms with Crippen LogP contribution >= 0.6 is 23.2 Å². The number of benzene rings is 1. The molecule has 1 rings (SSSR count). The van der Waals surface area contributed by atoms with Gasteiger partial charge in [0.2, 0.25) is 0 Å². The smallest absolute Gasteiger partial charge is 0.328 e. The molecule has 0 atom stereocenters. The molecule has 0 aromatic heterocycles. The summed E-state index contributed by atoms with van der Waals surface area (Å²) in [6.07, 6.45) is 3.36. The average Bonchev–Trinajstić information content (AvgIpc) is 2.30. The summed E-state index contributed by atoms with van der Waals surface area (Å²) in [5, 5.41) is 8.56. The van der Waals surface area contributed by atoms with E-state index in [1.165, 1.54) is 6.08 Å². The molecule has 0 saturated carbocycles. The summed E-state index contributed by atoms with van der Waals surface area (Å²) < 4.78 is 18.8. The molecule has 0 unspecified atom stereocenters. The van der Waals surface area contributed by atoms with E-state index in [0.717, 1.165) is 18.2 Å². The zero-order valence-electron chi connectivity index (χ0n) is 9.12. The van der Waals surface area contributed by atoms with E-state index in [4.69, 9.17) is 33.0 Å². The number of rotatable bonds is 5. The Morgan fingerprint density at radius 2 is 2.22 bits per heavy atom. The lowest BCUT2D eigenvalue weighted by Gasteiger charge is -2.11. The van der Waals surface area contributed by atoms with Crippen molar-refractivity contribution in [2.24, 2.45) is 0 Å². The van der Waals surface area contributed by atoms with Gasteiger partial charge in [-0.05, 0) is 12.1 Å². The van der Waals surface area contributed by atoms with Crippen molar-refractivity contribution in [1.82, 2.24) is 0 Å². The molecule has 3 nitrogen and oxygen atoms in total. The molecule has 1 N–H and O–H groups in total. The molecule has 0 fully saturated rings. The van der Waals surface area contributed by atoms with Crippen molar-refractivity contribution in [2.75, 3.05) is 6.61 Å². The highest BCUT2D eigenvalue weighted by Gasteiger charge is 2.16. The topological polar surface area (TPSA) is 46.5 Å². The molecule has 0 amide bonds. The van der Waals surface area contributed by atoms with Crippen LogP contribution in [-0.4, -0.2) is 17.7 Å². The fourth-order valence-corrected chi connectivity index (χ4v) is 1.59. The Morgan fingerprint density at radius 1 is 1.56 bits per heavy atom. The second kappa shape index (κ2) is 6.42. The van der Waals surface area contributed by atoms with Crippen molar-refractivity contribution >= 4 is 35.2 Å². The van der Waals surface area contributed by atoms with Gasteiger partial charge in [0.05, 0.1) is 10.0 Å². The first-order valence-corrected chi connectivity index (χ1v) is 5.55. The van der Waals surface area contributed by atoms with E-state index >= 15 is 0 Å². The van der Waals surface area contributed by atoms with Crippen molar-refractivity contribution in [2.45, 2.75) is 0 Å². The highest BCUT2D eigenvalue weighted by molar-refractivity contribution is 6.43. The van der Waals surface area contributed by atoms with Gasteiger partial charge >= 0.3 is 5.97 Å². The molecule has 1 aromatic rings. The standard InChI is InChI=1S/C12H9Cl2FO3/c1-2-5-18-12-7(3-4-10(16)17)11(14)8(13)6-9(12)15/h2-4,6H,1,5H2,(H,16,17)/b4-3+. The molecule has 0 bridgehead atoms. The fourth-order valence-electron chi connectivity index (χ4n) is 1.19. The Bertz CT molecular complexity index is 513. The molecule has 1 aromatic carbocycles. The SMILES string of the molecule is C=CCOc1c(F)cc(Cl)c(Cl)c1/C=C/C(=O)O. The van der Waals surface area contributed by atoms with Crippen LogP contribution in [0.1, 0.15) is 5.56 Å². The molecule has 0 aliphatic heterocycles. The van der Waals surface area contributed by atoms with Crippen molar-refractivity contribution in [3.63, 3.8) is 0 Å². The van der Waals surface area contributed by atoms with Crippen molar-refractivity contribution < 1.29 is 19.0 Å². The van der Waals surface area contributed by atoms with Gasteiger partial charge in [0.15, 0.2) is 11.6 Å². The minimum Gasteiger partial charge on any atom is -0.486 e. The third-order valence-electron chi connectivity index (χ3n) is 1.90. The Labute approximate surface area is 113 Å². The highest BCUT2D eigenvalue weighted by Crippen LogP contribution is 2.36. The number of hydrogen-bond donors (Lipinski definition) is 1. The molecule has 96 valence electrons. The van der Waals surface area contributed by atoms with Crippen LogP contribution in [0.4, 0.5) is 4.39 Å².